The fourth-order valence-electron chi connectivity index (χ4n) is 2.31. The molecule has 0 radical (unpaired) electrons. The summed E-state index contributed by atoms with van der Waals surface area (Å²) in [4.78, 5) is 35.2. The fraction of sp³-hybridized carbons (Fsp3) is 0.353. The Morgan fingerprint density at radius 1 is 1.17 bits per heavy atom. The van der Waals surface area contributed by atoms with Crippen LogP contribution in [0.15, 0.2) is 52.2 Å². The van der Waals surface area contributed by atoms with E-state index in [0.717, 1.165) is 17.4 Å². The number of rotatable bonds is 6. The van der Waals surface area contributed by atoms with Crippen LogP contribution in [-0.4, -0.2) is 21.1 Å². The summed E-state index contributed by atoms with van der Waals surface area (Å²) in [6.07, 6.45) is 3.04. The smallest absolute Gasteiger partial charge is 0.331 e. The first-order chi connectivity index (χ1) is 11.0. The molecule has 6 nitrogen and oxygen atoms in total. The Morgan fingerprint density at radius 2 is 1.87 bits per heavy atom. The largest absolute Gasteiger partial charge is 0.352 e. The zero-order valence-electron chi connectivity index (χ0n) is 13.4. The van der Waals surface area contributed by atoms with Crippen molar-refractivity contribution in [3.8, 4) is 0 Å². The quantitative estimate of drug-likeness (QED) is 0.852. The second-order valence-electron chi connectivity index (χ2n) is 5.62. The third-order valence-electron chi connectivity index (χ3n) is 3.69. The average molecular weight is 315 g/mol. The molecule has 1 N–H and O–H groups in total. The first-order valence-electron chi connectivity index (χ1n) is 7.57. The van der Waals surface area contributed by atoms with Gasteiger partial charge in [0, 0.05) is 25.4 Å². The van der Waals surface area contributed by atoms with Crippen molar-refractivity contribution < 1.29 is 4.79 Å². The summed E-state index contributed by atoms with van der Waals surface area (Å²) < 4.78 is 2.20. The van der Waals surface area contributed by atoms with E-state index in [-0.39, 0.29) is 24.1 Å². The minimum atomic E-state index is -0.496. The Balaban J connectivity index is 1.88. The summed E-state index contributed by atoms with van der Waals surface area (Å²) in [6.45, 7) is 1.84. The number of carbonyl (C=O) groups excluding carboxylic acids is 1. The van der Waals surface area contributed by atoms with E-state index in [9.17, 15) is 14.4 Å². The number of hydrogen-bond donors (Lipinski definition) is 1. The van der Waals surface area contributed by atoms with Gasteiger partial charge in [-0.15, -0.1) is 0 Å². The second kappa shape index (κ2) is 7.58. The topological polar surface area (TPSA) is 73.1 Å². The molecule has 0 saturated heterocycles. The Labute approximate surface area is 134 Å². The lowest BCUT2D eigenvalue weighted by Crippen LogP contribution is -2.42. The van der Waals surface area contributed by atoms with Gasteiger partial charge < -0.3 is 5.32 Å². The minimum Gasteiger partial charge on any atom is -0.352 e. The van der Waals surface area contributed by atoms with Crippen LogP contribution in [0.25, 0.3) is 0 Å². The van der Waals surface area contributed by atoms with Gasteiger partial charge in [-0.05, 0) is 25.3 Å². The molecule has 23 heavy (non-hydrogen) atoms. The van der Waals surface area contributed by atoms with Gasteiger partial charge in [-0.2, -0.15) is 0 Å². The highest BCUT2D eigenvalue weighted by Gasteiger charge is 2.10. The monoisotopic (exact) mass is 315 g/mol. The molecule has 0 aliphatic heterocycles. The van der Waals surface area contributed by atoms with E-state index < -0.39 is 5.69 Å². The third-order valence-corrected chi connectivity index (χ3v) is 3.69. The van der Waals surface area contributed by atoms with E-state index >= 15 is 0 Å². The lowest BCUT2D eigenvalue weighted by atomic mass is 10.1. The molecule has 6 heteroatoms. The molecule has 122 valence electrons. The second-order valence-corrected chi connectivity index (χ2v) is 5.62. The maximum Gasteiger partial charge on any atom is 0.331 e. The molecule has 1 atom stereocenters. The molecule has 1 aromatic heterocycles. The van der Waals surface area contributed by atoms with Crippen LogP contribution in [0.1, 0.15) is 18.9 Å². The van der Waals surface area contributed by atoms with E-state index in [4.69, 9.17) is 0 Å². The summed E-state index contributed by atoms with van der Waals surface area (Å²) in [7, 11) is 1.39. The van der Waals surface area contributed by atoms with E-state index in [2.05, 4.69) is 17.4 Å². The number of amides is 1. The number of hydrogen-bond acceptors (Lipinski definition) is 3. The lowest BCUT2D eigenvalue weighted by Gasteiger charge is -2.14. The number of benzene rings is 1. The molecule has 2 aromatic rings. The van der Waals surface area contributed by atoms with Crippen LogP contribution < -0.4 is 16.6 Å². The molecule has 2 rings (SSSR count). The van der Waals surface area contributed by atoms with Gasteiger partial charge in [0.15, 0.2) is 0 Å². The van der Waals surface area contributed by atoms with Crippen LogP contribution in [-0.2, 0) is 24.8 Å². The van der Waals surface area contributed by atoms with Gasteiger partial charge in [0.25, 0.3) is 5.56 Å². The van der Waals surface area contributed by atoms with Crippen molar-refractivity contribution in [2.24, 2.45) is 7.05 Å². The fourth-order valence-corrected chi connectivity index (χ4v) is 2.31. The molecule has 0 bridgehead atoms. The molecule has 0 aliphatic rings. The Bertz CT molecular complexity index is 778. The molecule has 1 amide bonds. The molecular formula is C17H21N3O3. The molecule has 0 fully saturated rings. The zero-order valence-corrected chi connectivity index (χ0v) is 13.4. The molecule has 1 heterocycles. The molecule has 0 spiro atoms. The summed E-state index contributed by atoms with van der Waals surface area (Å²) in [5, 5.41) is 2.87. The standard InChI is InChI=1S/C17H21N3O3/c1-13(8-9-14-6-4-3-5-7-14)18-15(21)12-20-11-10-16(22)19(2)17(20)23/h3-7,10-11,13H,8-9,12H2,1-2H3,(H,18,21). The van der Waals surface area contributed by atoms with E-state index in [1.54, 1.807) is 0 Å². The van der Waals surface area contributed by atoms with Crippen LogP contribution in [0.5, 0.6) is 0 Å². The van der Waals surface area contributed by atoms with Gasteiger partial charge in [0.1, 0.15) is 6.54 Å². The number of aromatic nitrogens is 2. The first kappa shape index (κ1) is 16.7. The van der Waals surface area contributed by atoms with Crippen LogP contribution in [0, 0.1) is 0 Å². The van der Waals surface area contributed by atoms with Gasteiger partial charge in [-0.25, -0.2) is 4.79 Å². The zero-order chi connectivity index (χ0) is 16.8. The van der Waals surface area contributed by atoms with Crippen molar-refractivity contribution in [1.29, 1.82) is 0 Å². The highest BCUT2D eigenvalue weighted by atomic mass is 16.2. The van der Waals surface area contributed by atoms with E-state index in [0.29, 0.717) is 0 Å². The van der Waals surface area contributed by atoms with E-state index in [1.165, 1.54) is 29.4 Å². The molecule has 1 unspecified atom stereocenters. The molecular weight excluding hydrogens is 294 g/mol. The van der Waals surface area contributed by atoms with Crippen LogP contribution in [0.2, 0.25) is 0 Å². The highest BCUT2D eigenvalue weighted by molar-refractivity contribution is 5.75. The van der Waals surface area contributed by atoms with Gasteiger partial charge in [0.05, 0.1) is 0 Å². The maximum absolute atomic E-state index is 12.0. The summed E-state index contributed by atoms with van der Waals surface area (Å²) in [5.74, 6) is -0.244. The summed E-state index contributed by atoms with van der Waals surface area (Å²) >= 11 is 0. The van der Waals surface area contributed by atoms with E-state index in [1.807, 2.05) is 25.1 Å². The van der Waals surface area contributed by atoms with Gasteiger partial charge in [0.2, 0.25) is 5.91 Å². The predicted octanol–water partition coefficient (Wildman–Crippen LogP) is 0.685. The van der Waals surface area contributed by atoms with Crippen molar-refractivity contribution in [3.63, 3.8) is 0 Å². The van der Waals surface area contributed by atoms with Gasteiger partial charge >= 0.3 is 5.69 Å². The number of nitrogens with zero attached hydrogens (tertiary/aromatic N) is 2. The third kappa shape index (κ3) is 4.67. The molecule has 0 aliphatic carbocycles. The van der Waals surface area contributed by atoms with Crippen LogP contribution >= 0.6 is 0 Å². The Morgan fingerprint density at radius 3 is 2.57 bits per heavy atom. The van der Waals surface area contributed by atoms with Crippen molar-refractivity contribution in [2.45, 2.75) is 32.4 Å². The Hall–Kier alpha value is -2.63. The predicted molar refractivity (Wildman–Crippen MR) is 88.3 cm³/mol. The Kier molecular flexibility index (Phi) is 5.51. The first-order valence-corrected chi connectivity index (χ1v) is 7.57. The van der Waals surface area contributed by atoms with Crippen molar-refractivity contribution in [3.05, 3.63) is 69.0 Å². The van der Waals surface area contributed by atoms with Crippen molar-refractivity contribution >= 4 is 5.91 Å². The van der Waals surface area contributed by atoms with Crippen LogP contribution in [0.3, 0.4) is 0 Å². The van der Waals surface area contributed by atoms with Crippen molar-refractivity contribution in [1.82, 2.24) is 14.5 Å². The number of nitrogens with one attached hydrogen (secondary N) is 1. The minimum absolute atomic E-state index is 0.00550. The highest BCUT2D eigenvalue weighted by Crippen LogP contribution is 2.04. The van der Waals surface area contributed by atoms with Gasteiger partial charge in [-0.1, -0.05) is 30.3 Å². The number of carbonyl (C=O) groups is 1. The summed E-state index contributed by atoms with van der Waals surface area (Å²) in [5.41, 5.74) is 0.343. The molecule has 1 aromatic carbocycles. The van der Waals surface area contributed by atoms with Crippen molar-refractivity contribution in [2.75, 3.05) is 0 Å². The SMILES string of the molecule is CC(CCc1ccccc1)NC(=O)Cn1ccc(=O)n(C)c1=O. The molecule has 0 saturated carbocycles. The number of aryl methyl sites for hydroxylation is 1. The normalized spacial score (nSPS) is 11.9. The van der Waals surface area contributed by atoms with Crippen LogP contribution in [0.4, 0.5) is 0 Å². The lowest BCUT2D eigenvalue weighted by molar-refractivity contribution is -0.122. The average Bonchev–Trinajstić information content (AvgIpc) is 2.54. The maximum atomic E-state index is 12.0. The van der Waals surface area contributed by atoms with Gasteiger partial charge in [-0.3, -0.25) is 18.7 Å². The summed E-state index contributed by atoms with van der Waals surface area (Å²) in [6, 6.07) is 11.3.